The van der Waals surface area contributed by atoms with Crippen LogP contribution >= 0.6 is 11.6 Å². The molecular weight excluding hydrogens is 302 g/mol. The van der Waals surface area contributed by atoms with E-state index in [2.05, 4.69) is 27.5 Å². The Hall–Kier alpha value is -2.34. The summed E-state index contributed by atoms with van der Waals surface area (Å²) >= 11 is 5.93. The molecule has 0 aliphatic carbocycles. The van der Waals surface area contributed by atoms with E-state index in [1.165, 1.54) is 10.1 Å². The first-order valence-electron chi connectivity index (χ1n) is 7.11. The maximum Gasteiger partial charge on any atom is 0.364 e. The number of nitrogens with one attached hydrogen (secondary N) is 2. The third kappa shape index (κ3) is 2.96. The minimum Gasteiger partial charge on any atom is -0.368 e. The van der Waals surface area contributed by atoms with Gasteiger partial charge in [-0.1, -0.05) is 30.7 Å². The molecule has 0 radical (unpaired) electrons. The Bertz CT molecular complexity index is 824. The quantitative estimate of drug-likeness (QED) is 0.758. The van der Waals surface area contributed by atoms with E-state index in [1.807, 2.05) is 30.3 Å². The fraction of sp³-hybridized carbons (Fsp3) is 0.267. The Morgan fingerprint density at radius 2 is 2.05 bits per heavy atom. The van der Waals surface area contributed by atoms with E-state index in [-0.39, 0.29) is 5.69 Å². The molecule has 0 aliphatic heterocycles. The van der Waals surface area contributed by atoms with Gasteiger partial charge in [0.1, 0.15) is 5.82 Å². The lowest BCUT2D eigenvalue weighted by Gasteiger charge is -2.16. The Balaban J connectivity index is 1.75. The van der Waals surface area contributed by atoms with Gasteiger partial charge in [0.25, 0.3) is 0 Å². The van der Waals surface area contributed by atoms with Crippen LogP contribution in [0.1, 0.15) is 24.8 Å². The van der Waals surface area contributed by atoms with Crippen LogP contribution in [0.3, 0.4) is 0 Å². The number of benzene rings is 1. The zero-order valence-electron chi connectivity index (χ0n) is 12.1. The van der Waals surface area contributed by atoms with Gasteiger partial charge in [-0.2, -0.15) is 9.61 Å². The number of nitrogens with zero attached hydrogens (tertiary/aromatic N) is 3. The second kappa shape index (κ2) is 6.19. The van der Waals surface area contributed by atoms with Crippen molar-refractivity contribution in [2.75, 3.05) is 11.9 Å². The molecule has 6 nitrogen and oxygen atoms in total. The first-order chi connectivity index (χ1) is 10.7. The van der Waals surface area contributed by atoms with Crippen molar-refractivity contribution in [1.29, 1.82) is 0 Å². The molecule has 2 aromatic heterocycles. The maximum atomic E-state index is 11.5. The van der Waals surface area contributed by atoms with E-state index in [0.717, 1.165) is 18.0 Å². The average Bonchev–Trinajstić information content (AvgIpc) is 2.90. The number of aromatic amines is 1. The highest BCUT2D eigenvalue weighted by atomic mass is 35.5. The van der Waals surface area contributed by atoms with Crippen LogP contribution in [0.15, 0.2) is 41.2 Å². The predicted molar refractivity (Wildman–Crippen MR) is 86.6 cm³/mol. The monoisotopic (exact) mass is 317 g/mol. The molecule has 3 aromatic rings. The number of hydrogen-bond acceptors (Lipinski definition) is 4. The van der Waals surface area contributed by atoms with Crippen molar-refractivity contribution in [1.82, 2.24) is 19.8 Å². The fourth-order valence-corrected chi connectivity index (χ4v) is 2.48. The third-order valence-corrected chi connectivity index (χ3v) is 3.89. The highest BCUT2D eigenvalue weighted by molar-refractivity contribution is 6.30. The maximum absolute atomic E-state index is 11.5. The van der Waals surface area contributed by atoms with Crippen molar-refractivity contribution in [2.24, 2.45) is 0 Å². The summed E-state index contributed by atoms with van der Waals surface area (Å²) in [5.41, 5.74) is 1.38. The lowest BCUT2D eigenvalue weighted by Crippen LogP contribution is -2.16. The van der Waals surface area contributed by atoms with Gasteiger partial charge in [0.2, 0.25) is 0 Å². The second-order valence-corrected chi connectivity index (χ2v) is 5.49. The summed E-state index contributed by atoms with van der Waals surface area (Å²) in [5, 5.41) is 14.4. The van der Waals surface area contributed by atoms with E-state index in [0.29, 0.717) is 17.4 Å². The molecule has 0 aliphatic rings. The Morgan fingerprint density at radius 1 is 1.27 bits per heavy atom. The Kier molecular flexibility index (Phi) is 4.11. The first-order valence-corrected chi connectivity index (χ1v) is 7.49. The molecule has 0 spiro atoms. The predicted octanol–water partition coefficient (Wildman–Crippen LogP) is 2.68. The number of fused-ring (bicyclic) bond motifs is 1. The molecule has 22 heavy (non-hydrogen) atoms. The van der Waals surface area contributed by atoms with Crippen molar-refractivity contribution in [3.05, 3.63) is 57.5 Å². The molecule has 1 atom stereocenters. The van der Waals surface area contributed by atoms with E-state index in [4.69, 9.17) is 11.6 Å². The highest BCUT2D eigenvalue weighted by Crippen LogP contribution is 2.21. The molecule has 7 heteroatoms. The normalized spacial score (nSPS) is 12.5. The summed E-state index contributed by atoms with van der Waals surface area (Å²) in [4.78, 5) is 11.5. The van der Waals surface area contributed by atoms with Gasteiger partial charge >= 0.3 is 5.69 Å². The number of halogens is 1. The summed E-state index contributed by atoms with van der Waals surface area (Å²) in [6, 6.07) is 11.4. The minimum atomic E-state index is -0.344. The molecule has 2 N–H and O–H groups in total. The summed E-state index contributed by atoms with van der Waals surface area (Å²) in [6.45, 7) is 2.86. The van der Waals surface area contributed by atoms with Crippen molar-refractivity contribution in [2.45, 2.75) is 19.3 Å². The van der Waals surface area contributed by atoms with Gasteiger partial charge < -0.3 is 5.32 Å². The molecular formula is C15H16ClN5O. The molecule has 0 fully saturated rings. The number of hydrogen-bond donors (Lipinski definition) is 2. The van der Waals surface area contributed by atoms with Crippen LogP contribution < -0.4 is 11.0 Å². The summed E-state index contributed by atoms with van der Waals surface area (Å²) in [5.74, 6) is 0.985. The van der Waals surface area contributed by atoms with E-state index >= 15 is 0 Å². The van der Waals surface area contributed by atoms with Crippen molar-refractivity contribution >= 4 is 23.1 Å². The van der Waals surface area contributed by atoms with E-state index < -0.39 is 0 Å². The largest absolute Gasteiger partial charge is 0.368 e. The SMILES string of the molecule is CCC(CNc1ccc2n[nH]c(=O)n2n1)c1ccc(Cl)cc1. The van der Waals surface area contributed by atoms with Crippen LogP contribution in [-0.2, 0) is 0 Å². The number of anilines is 1. The lowest BCUT2D eigenvalue weighted by atomic mass is 9.96. The minimum absolute atomic E-state index is 0.343. The van der Waals surface area contributed by atoms with Crippen LogP contribution in [0.5, 0.6) is 0 Å². The number of H-pyrrole nitrogens is 1. The molecule has 0 saturated carbocycles. The average molecular weight is 318 g/mol. The molecule has 114 valence electrons. The summed E-state index contributed by atoms with van der Waals surface area (Å²) < 4.78 is 1.24. The van der Waals surface area contributed by atoms with Crippen molar-refractivity contribution < 1.29 is 0 Å². The molecule has 2 heterocycles. The molecule has 0 bridgehead atoms. The highest BCUT2D eigenvalue weighted by Gasteiger charge is 2.10. The van der Waals surface area contributed by atoms with Crippen LogP contribution in [-0.4, -0.2) is 26.4 Å². The van der Waals surface area contributed by atoms with Crippen molar-refractivity contribution in [3.8, 4) is 0 Å². The molecule has 0 saturated heterocycles. The molecule has 3 rings (SSSR count). The van der Waals surface area contributed by atoms with Crippen LogP contribution in [0.2, 0.25) is 5.02 Å². The summed E-state index contributed by atoms with van der Waals surface area (Å²) in [7, 11) is 0. The third-order valence-electron chi connectivity index (χ3n) is 3.64. The van der Waals surface area contributed by atoms with Gasteiger partial charge in [-0.05, 0) is 36.2 Å². The van der Waals surface area contributed by atoms with Crippen molar-refractivity contribution in [3.63, 3.8) is 0 Å². The topological polar surface area (TPSA) is 75.1 Å². The van der Waals surface area contributed by atoms with E-state index in [9.17, 15) is 4.79 Å². The van der Waals surface area contributed by atoms with Crippen LogP contribution in [0.4, 0.5) is 5.82 Å². The van der Waals surface area contributed by atoms with Gasteiger partial charge in [0.05, 0.1) is 0 Å². The van der Waals surface area contributed by atoms with Gasteiger partial charge in [0.15, 0.2) is 5.65 Å². The van der Waals surface area contributed by atoms with Crippen LogP contribution in [0.25, 0.3) is 5.65 Å². The van der Waals surface area contributed by atoms with Gasteiger partial charge in [-0.3, -0.25) is 0 Å². The van der Waals surface area contributed by atoms with Gasteiger partial charge in [-0.15, -0.1) is 5.10 Å². The number of aromatic nitrogens is 4. The molecule has 0 amide bonds. The number of rotatable bonds is 5. The first kappa shape index (κ1) is 14.6. The fourth-order valence-electron chi connectivity index (χ4n) is 2.36. The Labute approximate surface area is 132 Å². The van der Waals surface area contributed by atoms with Gasteiger partial charge in [0, 0.05) is 17.5 Å². The standard InChI is InChI=1S/C15H16ClN5O/c1-2-10(11-3-5-12(16)6-4-11)9-17-13-7-8-14-18-19-15(22)21(14)20-13/h3-8,10H,2,9H2,1H3,(H,17,20)(H,19,22). The summed E-state index contributed by atoms with van der Waals surface area (Å²) in [6.07, 6.45) is 0.989. The second-order valence-electron chi connectivity index (χ2n) is 5.05. The molecule has 1 unspecified atom stereocenters. The van der Waals surface area contributed by atoms with Gasteiger partial charge in [-0.25, -0.2) is 9.89 Å². The zero-order valence-corrected chi connectivity index (χ0v) is 12.8. The van der Waals surface area contributed by atoms with E-state index in [1.54, 1.807) is 6.07 Å². The zero-order chi connectivity index (χ0) is 15.5. The van der Waals surface area contributed by atoms with Crippen LogP contribution in [0, 0.1) is 0 Å². The molecule has 1 aromatic carbocycles. The Morgan fingerprint density at radius 3 is 2.77 bits per heavy atom. The lowest BCUT2D eigenvalue weighted by molar-refractivity contribution is 0.691. The smallest absolute Gasteiger partial charge is 0.364 e.